The van der Waals surface area contributed by atoms with Crippen molar-refractivity contribution in [1.29, 1.82) is 0 Å². The van der Waals surface area contributed by atoms with Gasteiger partial charge in [0, 0.05) is 10.2 Å². The van der Waals surface area contributed by atoms with E-state index in [0.717, 1.165) is 6.42 Å². The first-order chi connectivity index (χ1) is 4.08. The molecule has 1 rings (SSSR count). The lowest BCUT2D eigenvalue weighted by molar-refractivity contribution is 0.290. The van der Waals surface area contributed by atoms with E-state index in [1.54, 1.807) is 0 Å². The predicted octanol–water partition coefficient (Wildman–Crippen LogP) is 3.01. The van der Waals surface area contributed by atoms with Gasteiger partial charge in [-0.1, -0.05) is 15.9 Å². The van der Waals surface area contributed by atoms with Crippen molar-refractivity contribution in [2.24, 2.45) is 5.92 Å². The molecule has 0 radical (unpaired) electrons. The summed E-state index contributed by atoms with van der Waals surface area (Å²) in [6.45, 7) is 2.10. The zero-order chi connectivity index (χ0) is 7.07. The molecule has 1 saturated carbocycles. The zero-order valence-corrected chi connectivity index (χ0v) is 8.30. The van der Waals surface area contributed by atoms with Crippen LogP contribution in [-0.2, 0) is 0 Å². The molecule has 0 bridgehead atoms. The molecule has 0 aromatic carbocycles. The smallest absolute Gasteiger partial charge is 0.0526 e. The summed E-state index contributed by atoms with van der Waals surface area (Å²) in [6, 6.07) is 0. The van der Waals surface area contributed by atoms with Gasteiger partial charge in [0.15, 0.2) is 0 Å². The summed E-state index contributed by atoms with van der Waals surface area (Å²) >= 11 is 15.1. The summed E-state index contributed by atoms with van der Waals surface area (Å²) in [7, 11) is 0. The maximum atomic E-state index is 5.98. The average molecular weight is 232 g/mol. The van der Waals surface area contributed by atoms with Crippen molar-refractivity contribution in [3.05, 3.63) is 0 Å². The molecule has 0 nitrogen and oxygen atoms in total. The molecule has 1 fully saturated rings. The van der Waals surface area contributed by atoms with Crippen LogP contribution < -0.4 is 0 Å². The van der Waals surface area contributed by atoms with Gasteiger partial charge >= 0.3 is 0 Å². The Kier molecular flexibility index (Phi) is 2.35. The van der Waals surface area contributed by atoms with E-state index in [2.05, 4.69) is 22.9 Å². The molecule has 1 aliphatic rings. The molecule has 0 amide bonds. The minimum atomic E-state index is 0.147. The fraction of sp³-hybridized carbons (Fsp3) is 1.00. The van der Waals surface area contributed by atoms with Crippen LogP contribution >= 0.6 is 39.1 Å². The standard InChI is InChI=1S/C6H9BrCl2/c1-6(7)2-4(3-8)5(6)9/h4-5H,2-3H2,1H3. The van der Waals surface area contributed by atoms with E-state index >= 15 is 0 Å². The van der Waals surface area contributed by atoms with Crippen LogP contribution in [-0.4, -0.2) is 15.6 Å². The Labute approximate surface area is 74.0 Å². The molecule has 0 spiro atoms. The Morgan fingerprint density at radius 1 is 1.78 bits per heavy atom. The Hall–Kier alpha value is 1.06. The summed E-state index contributed by atoms with van der Waals surface area (Å²) in [5.41, 5.74) is 0. The van der Waals surface area contributed by atoms with E-state index in [4.69, 9.17) is 23.2 Å². The van der Waals surface area contributed by atoms with Crippen LogP contribution in [0.25, 0.3) is 0 Å². The molecule has 3 heteroatoms. The summed E-state index contributed by atoms with van der Waals surface area (Å²) < 4.78 is 0.147. The molecule has 0 N–H and O–H groups in total. The molecule has 1 aliphatic carbocycles. The first-order valence-corrected chi connectivity index (χ1v) is 4.73. The highest BCUT2D eigenvalue weighted by atomic mass is 79.9. The SMILES string of the molecule is CC1(Br)CC(CCl)C1Cl. The number of alkyl halides is 3. The molecular formula is C6H9BrCl2. The lowest BCUT2D eigenvalue weighted by Gasteiger charge is -2.45. The lowest BCUT2D eigenvalue weighted by atomic mass is 9.76. The highest BCUT2D eigenvalue weighted by Gasteiger charge is 2.47. The van der Waals surface area contributed by atoms with Gasteiger partial charge in [0.25, 0.3) is 0 Å². The second-order valence-corrected chi connectivity index (χ2v) is 5.39. The van der Waals surface area contributed by atoms with Crippen LogP contribution in [0.5, 0.6) is 0 Å². The number of halogens is 3. The molecule has 0 aliphatic heterocycles. The Balaban J connectivity index is 2.41. The normalized spacial score (nSPS) is 50.7. The quantitative estimate of drug-likeness (QED) is 0.609. The molecule has 54 valence electrons. The average Bonchev–Trinajstić information content (AvgIpc) is 1.82. The van der Waals surface area contributed by atoms with E-state index in [1.807, 2.05) is 0 Å². The van der Waals surface area contributed by atoms with Crippen molar-refractivity contribution < 1.29 is 0 Å². The summed E-state index contributed by atoms with van der Waals surface area (Å²) in [6.07, 6.45) is 1.10. The van der Waals surface area contributed by atoms with Crippen molar-refractivity contribution in [2.75, 3.05) is 5.88 Å². The lowest BCUT2D eigenvalue weighted by Crippen LogP contribution is -2.49. The Morgan fingerprint density at radius 3 is 2.44 bits per heavy atom. The topological polar surface area (TPSA) is 0 Å². The van der Waals surface area contributed by atoms with Gasteiger partial charge in [0.2, 0.25) is 0 Å². The van der Waals surface area contributed by atoms with Crippen LogP contribution in [0.4, 0.5) is 0 Å². The fourth-order valence-corrected chi connectivity index (χ4v) is 2.63. The van der Waals surface area contributed by atoms with Crippen LogP contribution in [0.1, 0.15) is 13.3 Å². The third-order valence-electron chi connectivity index (χ3n) is 1.85. The summed E-state index contributed by atoms with van der Waals surface area (Å²) in [5, 5.41) is 0.218. The first kappa shape index (κ1) is 8.16. The van der Waals surface area contributed by atoms with Crippen LogP contribution in [0.2, 0.25) is 0 Å². The molecule has 3 unspecified atom stereocenters. The van der Waals surface area contributed by atoms with Crippen LogP contribution in [0.3, 0.4) is 0 Å². The molecule has 9 heavy (non-hydrogen) atoms. The zero-order valence-electron chi connectivity index (χ0n) is 5.20. The largest absolute Gasteiger partial charge is 0.126 e. The maximum absolute atomic E-state index is 5.98. The molecule has 0 saturated heterocycles. The van der Waals surface area contributed by atoms with Crippen LogP contribution in [0, 0.1) is 5.92 Å². The van der Waals surface area contributed by atoms with E-state index in [-0.39, 0.29) is 9.70 Å². The van der Waals surface area contributed by atoms with Gasteiger partial charge in [-0.2, -0.15) is 0 Å². The second-order valence-electron chi connectivity index (χ2n) is 2.80. The van der Waals surface area contributed by atoms with Gasteiger partial charge < -0.3 is 0 Å². The van der Waals surface area contributed by atoms with E-state index in [0.29, 0.717) is 11.8 Å². The van der Waals surface area contributed by atoms with Crippen molar-refractivity contribution >= 4 is 39.1 Å². The molecule has 0 heterocycles. The van der Waals surface area contributed by atoms with Gasteiger partial charge in [0.05, 0.1) is 5.38 Å². The fourth-order valence-electron chi connectivity index (χ4n) is 1.19. The van der Waals surface area contributed by atoms with E-state index in [9.17, 15) is 0 Å². The highest BCUT2D eigenvalue weighted by Crippen LogP contribution is 2.48. The number of hydrogen-bond acceptors (Lipinski definition) is 0. The maximum Gasteiger partial charge on any atom is 0.0526 e. The number of rotatable bonds is 1. The highest BCUT2D eigenvalue weighted by molar-refractivity contribution is 9.10. The number of hydrogen-bond donors (Lipinski definition) is 0. The van der Waals surface area contributed by atoms with Gasteiger partial charge in [-0.05, 0) is 19.3 Å². The summed E-state index contributed by atoms with van der Waals surface area (Å²) in [4.78, 5) is 0. The third-order valence-corrected chi connectivity index (χ3v) is 4.16. The molecular weight excluding hydrogens is 223 g/mol. The Morgan fingerprint density at radius 2 is 2.33 bits per heavy atom. The summed E-state index contributed by atoms with van der Waals surface area (Å²) in [5.74, 6) is 1.20. The molecule has 3 atom stereocenters. The monoisotopic (exact) mass is 230 g/mol. The van der Waals surface area contributed by atoms with E-state index in [1.165, 1.54) is 0 Å². The van der Waals surface area contributed by atoms with Crippen molar-refractivity contribution in [2.45, 2.75) is 23.0 Å². The van der Waals surface area contributed by atoms with Crippen molar-refractivity contribution in [3.63, 3.8) is 0 Å². The van der Waals surface area contributed by atoms with E-state index < -0.39 is 0 Å². The second kappa shape index (κ2) is 2.60. The van der Waals surface area contributed by atoms with Crippen molar-refractivity contribution in [3.8, 4) is 0 Å². The Bertz CT molecular complexity index is 114. The van der Waals surface area contributed by atoms with Crippen LogP contribution in [0.15, 0.2) is 0 Å². The van der Waals surface area contributed by atoms with Gasteiger partial charge in [-0.3, -0.25) is 0 Å². The van der Waals surface area contributed by atoms with Gasteiger partial charge in [-0.25, -0.2) is 0 Å². The third kappa shape index (κ3) is 1.38. The minimum absolute atomic E-state index is 0.147. The first-order valence-electron chi connectivity index (χ1n) is 2.97. The van der Waals surface area contributed by atoms with Crippen molar-refractivity contribution in [1.82, 2.24) is 0 Å². The van der Waals surface area contributed by atoms with Gasteiger partial charge in [0.1, 0.15) is 0 Å². The van der Waals surface area contributed by atoms with Gasteiger partial charge in [-0.15, -0.1) is 23.2 Å². The molecule has 0 aromatic heterocycles. The molecule has 0 aromatic rings. The minimum Gasteiger partial charge on any atom is -0.126 e. The predicted molar refractivity (Wildman–Crippen MR) is 45.8 cm³/mol.